The fraction of sp³-hybridized carbons (Fsp3) is 0.312. The second-order valence-electron chi connectivity index (χ2n) is 5.94. The zero-order chi connectivity index (χ0) is 21.0. The zero-order valence-corrected chi connectivity index (χ0v) is 14.4. The highest BCUT2D eigenvalue weighted by molar-refractivity contribution is 6.63. The summed E-state index contributed by atoms with van der Waals surface area (Å²) in [7, 11) is 0. The Labute approximate surface area is 156 Å². The molecular weight excluding hydrogens is 376 g/mol. The summed E-state index contributed by atoms with van der Waals surface area (Å²) in [5.74, 6) is -5.09. The van der Waals surface area contributed by atoms with E-state index in [2.05, 4.69) is 14.8 Å². The minimum Gasteiger partial charge on any atom is -0.393 e. The van der Waals surface area contributed by atoms with Crippen molar-refractivity contribution < 1.29 is 38.7 Å². The molecule has 1 fully saturated rings. The number of nitrogens with one attached hydrogen (secondary N) is 1. The number of carbonyl (C=O) groups excluding carboxylic acids is 4. The van der Waals surface area contributed by atoms with Gasteiger partial charge in [-0.05, 0) is 19.1 Å². The lowest BCUT2D eigenvalue weighted by molar-refractivity contribution is -0.384. The van der Waals surface area contributed by atoms with Crippen LogP contribution in [0.1, 0.15) is 23.7 Å². The zero-order valence-electron chi connectivity index (χ0n) is 14.4. The van der Waals surface area contributed by atoms with E-state index in [1.54, 1.807) is 0 Å². The Morgan fingerprint density at radius 2 is 1.96 bits per heavy atom. The number of benzene rings is 1. The number of ether oxygens (including phenoxy) is 1. The first-order chi connectivity index (χ1) is 13.1. The Kier molecular flexibility index (Phi) is 6.08. The van der Waals surface area contributed by atoms with E-state index in [0.29, 0.717) is 0 Å². The molecule has 0 bridgehead atoms. The van der Waals surface area contributed by atoms with Gasteiger partial charge in [0.1, 0.15) is 0 Å². The average Bonchev–Trinajstić information content (AvgIpc) is 2.61. The molecule has 0 aromatic heterocycles. The second kappa shape index (κ2) is 8.29. The molecule has 2 N–H and O–H groups in total. The third-order valence-electron chi connectivity index (χ3n) is 4.05. The molecule has 146 valence electrons. The molecule has 1 aromatic rings. The number of aliphatic hydroxyl groups is 1. The van der Waals surface area contributed by atoms with Crippen molar-refractivity contribution in [2.45, 2.75) is 25.5 Å². The molecule has 3 atom stereocenters. The van der Waals surface area contributed by atoms with Gasteiger partial charge >= 0.3 is 17.7 Å². The maximum Gasteiger partial charge on any atom is 0.442 e. The van der Waals surface area contributed by atoms with Crippen molar-refractivity contribution in [3.05, 3.63) is 45.5 Å². The second-order valence-corrected chi connectivity index (χ2v) is 5.94. The van der Waals surface area contributed by atoms with Crippen molar-refractivity contribution in [3.8, 4) is 0 Å². The van der Waals surface area contributed by atoms with Gasteiger partial charge in [-0.1, -0.05) is 0 Å². The number of nitro groups is 1. The molecule has 1 aromatic carbocycles. The highest BCUT2D eigenvalue weighted by Crippen LogP contribution is 2.22. The molecule has 28 heavy (non-hydrogen) atoms. The summed E-state index contributed by atoms with van der Waals surface area (Å²) in [4.78, 5) is 59.8. The summed E-state index contributed by atoms with van der Waals surface area (Å²) < 4.78 is 4.44. The lowest BCUT2D eigenvalue weighted by atomic mass is 9.82. The highest BCUT2D eigenvalue weighted by atomic mass is 16.6. The number of hydrogen-bond acceptors (Lipinski definition) is 8. The summed E-state index contributed by atoms with van der Waals surface area (Å²) in [6.45, 7) is 1.36. The standard InChI is InChI=1S/C16H14N4O8/c1-7(21)12-10(18-14(12)23)6-11(22)13(19-17)16(25)28-15(24)8-2-4-9(5-3-8)20(26)27/h2-5,7,10,12,21H,6H2,1H3,(H,18,23)/t7-,10-,12-/m1/s1. The average molecular weight is 390 g/mol. The van der Waals surface area contributed by atoms with Crippen LogP contribution < -0.4 is 5.32 Å². The van der Waals surface area contributed by atoms with Crippen molar-refractivity contribution in [2.75, 3.05) is 0 Å². The summed E-state index contributed by atoms with van der Waals surface area (Å²) in [5, 5.41) is 22.5. The number of esters is 2. The van der Waals surface area contributed by atoms with Crippen LogP contribution in [0.2, 0.25) is 0 Å². The lowest BCUT2D eigenvalue weighted by Crippen LogP contribution is -2.62. The Hall–Kier alpha value is -3.76. The van der Waals surface area contributed by atoms with Crippen LogP contribution in [0.4, 0.5) is 5.69 Å². The number of Topliss-reactive ketones (excluding diaryl/α,β-unsaturated/α-hetero) is 1. The molecule has 12 heteroatoms. The van der Waals surface area contributed by atoms with E-state index in [4.69, 9.17) is 5.53 Å². The topological polar surface area (TPSA) is 189 Å². The minimum atomic E-state index is -1.53. The third kappa shape index (κ3) is 4.31. The molecule has 1 aliphatic rings. The number of rotatable bonds is 7. The minimum absolute atomic E-state index is 0.205. The fourth-order valence-electron chi connectivity index (χ4n) is 2.61. The molecule has 0 saturated carbocycles. The van der Waals surface area contributed by atoms with Crippen molar-refractivity contribution in [3.63, 3.8) is 0 Å². The van der Waals surface area contributed by atoms with Gasteiger partial charge in [0.15, 0.2) is 0 Å². The number of non-ortho nitro benzene ring substituents is 1. The summed E-state index contributed by atoms with van der Waals surface area (Å²) in [5.41, 5.74) is 7.36. The Morgan fingerprint density at radius 3 is 2.43 bits per heavy atom. The van der Waals surface area contributed by atoms with E-state index in [1.165, 1.54) is 6.92 Å². The van der Waals surface area contributed by atoms with Crippen LogP contribution >= 0.6 is 0 Å². The molecule has 1 aliphatic heterocycles. The van der Waals surface area contributed by atoms with E-state index >= 15 is 0 Å². The molecule has 0 unspecified atom stereocenters. The number of nitrogens with zero attached hydrogens (tertiary/aromatic N) is 3. The number of β-lactam (4-membered cyclic amide) rings is 1. The SMILES string of the molecule is C[C@@H](O)[C@H]1C(=O)N[C@@H]1CC(=O)C(=[N+]=[N-])C(=O)OC(=O)c1ccc([N+](=O)[O-])cc1. The maximum atomic E-state index is 12.1. The van der Waals surface area contributed by atoms with Gasteiger partial charge in [-0.25, -0.2) is 9.59 Å². The van der Waals surface area contributed by atoms with Gasteiger partial charge in [-0.3, -0.25) is 19.7 Å². The van der Waals surface area contributed by atoms with Crippen LogP contribution in [0.5, 0.6) is 0 Å². The van der Waals surface area contributed by atoms with Crippen molar-refractivity contribution >= 4 is 35.0 Å². The summed E-state index contributed by atoms with van der Waals surface area (Å²) in [6, 6.07) is 3.35. The number of hydrogen-bond donors (Lipinski definition) is 2. The van der Waals surface area contributed by atoms with E-state index in [-0.39, 0.29) is 11.3 Å². The van der Waals surface area contributed by atoms with Gasteiger partial charge in [0.05, 0.1) is 28.6 Å². The number of nitro benzene ring substituents is 1. The Bertz CT molecular complexity index is 902. The van der Waals surface area contributed by atoms with Gasteiger partial charge in [0, 0.05) is 18.6 Å². The summed E-state index contributed by atoms with van der Waals surface area (Å²) >= 11 is 0. The predicted octanol–water partition coefficient (Wildman–Crippen LogP) is -0.596. The molecule has 12 nitrogen and oxygen atoms in total. The lowest BCUT2D eigenvalue weighted by Gasteiger charge is -2.37. The first-order valence-corrected chi connectivity index (χ1v) is 7.90. The fourth-order valence-corrected chi connectivity index (χ4v) is 2.61. The van der Waals surface area contributed by atoms with Crippen LogP contribution in [-0.2, 0) is 19.1 Å². The molecule has 1 amide bonds. The Morgan fingerprint density at radius 1 is 1.36 bits per heavy atom. The van der Waals surface area contributed by atoms with Gasteiger partial charge in [-0.2, -0.15) is 4.79 Å². The van der Waals surface area contributed by atoms with Crippen LogP contribution in [0.15, 0.2) is 24.3 Å². The smallest absolute Gasteiger partial charge is 0.393 e. The number of ketones is 1. The van der Waals surface area contributed by atoms with Gasteiger partial charge in [0.2, 0.25) is 5.91 Å². The van der Waals surface area contributed by atoms with Crippen LogP contribution in [0.25, 0.3) is 5.53 Å². The quantitative estimate of drug-likeness (QED) is 0.0901. The highest BCUT2D eigenvalue weighted by Gasteiger charge is 2.46. The molecule has 0 aliphatic carbocycles. The van der Waals surface area contributed by atoms with E-state index in [9.17, 15) is 34.4 Å². The monoisotopic (exact) mass is 390 g/mol. The van der Waals surface area contributed by atoms with Crippen LogP contribution in [0.3, 0.4) is 0 Å². The third-order valence-corrected chi connectivity index (χ3v) is 4.05. The van der Waals surface area contributed by atoms with Crippen LogP contribution in [-0.4, -0.2) is 56.3 Å². The molecule has 0 radical (unpaired) electrons. The Balaban J connectivity index is 2.02. The van der Waals surface area contributed by atoms with Crippen LogP contribution in [0, 0.1) is 16.0 Å². The van der Waals surface area contributed by atoms with Gasteiger partial charge in [-0.15, -0.1) is 0 Å². The summed E-state index contributed by atoms with van der Waals surface area (Å²) in [6.07, 6.45) is -1.49. The van der Waals surface area contributed by atoms with Gasteiger partial charge < -0.3 is 20.7 Å². The van der Waals surface area contributed by atoms with Crippen molar-refractivity contribution in [1.82, 2.24) is 5.32 Å². The first kappa shape index (κ1) is 20.6. The molecular formula is C16H14N4O8. The normalized spacial score (nSPS) is 18.7. The number of carbonyl (C=O) groups is 4. The molecule has 2 rings (SSSR count). The van der Waals surface area contributed by atoms with Crippen molar-refractivity contribution in [1.29, 1.82) is 0 Å². The molecule has 0 spiro atoms. The number of amides is 1. The van der Waals surface area contributed by atoms with E-state index in [1.807, 2.05) is 0 Å². The maximum absolute atomic E-state index is 12.1. The van der Waals surface area contributed by atoms with Crippen molar-refractivity contribution in [2.24, 2.45) is 5.92 Å². The van der Waals surface area contributed by atoms with Gasteiger partial charge in [0.25, 0.3) is 11.5 Å². The first-order valence-electron chi connectivity index (χ1n) is 7.90. The largest absolute Gasteiger partial charge is 0.442 e. The predicted molar refractivity (Wildman–Crippen MR) is 88.9 cm³/mol. The number of aliphatic hydroxyl groups excluding tert-OH is 1. The van der Waals surface area contributed by atoms with E-state index in [0.717, 1.165) is 24.3 Å². The van der Waals surface area contributed by atoms with E-state index < -0.39 is 58.7 Å². The molecule has 1 heterocycles. The molecule has 1 saturated heterocycles.